The Kier molecular flexibility index (Phi) is 1.73. The highest BCUT2D eigenvalue weighted by atomic mass is 15.3. The van der Waals surface area contributed by atoms with Gasteiger partial charge in [-0.3, -0.25) is 0 Å². The number of hydrogen-bond acceptors (Lipinski definition) is 3. The van der Waals surface area contributed by atoms with Crippen LogP contribution in [0.4, 0.5) is 5.69 Å². The van der Waals surface area contributed by atoms with Crippen LogP contribution in [-0.2, 0) is 0 Å². The Morgan fingerprint density at radius 1 is 1.80 bits per heavy atom. The number of rotatable bonds is 2. The van der Waals surface area contributed by atoms with Crippen LogP contribution >= 0.6 is 0 Å². The van der Waals surface area contributed by atoms with Crippen LogP contribution in [-0.4, -0.2) is 9.78 Å². The number of nitrogen functional groups attached to an aromatic ring is 1. The molecule has 0 aliphatic carbocycles. The molecule has 0 fully saturated rings. The molecular formula is C6H10N4. The minimum atomic E-state index is -0.280. The molecule has 4 heteroatoms. The number of aromatic nitrogens is 2. The molecule has 0 saturated heterocycles. The minimum Gasteiger partial charge on any atom is -0.396 e. The normalized spacial score (nSPS) is 12.9. The van der Waals surface area contributed by atoms with Crippen LogP contribution in [0.25, 0.3) is 0 Å². The highest BCUT2D eigenvalue weighted by Gasteiger charge is 1.98. The molecule has 0 amide bonds. The van der Waals surface area contributed by atoms with Crippen molar-refractivity contribution < 1.29 is 0 Å². The van der Waals surface area contributed by atoms with Gasteiger partial charge in [-0.1, -0.05) is 12.7 Å². The van der Waals surface area contributed by atoms with E-state index in [1.807, 2.05) is 0 Å². The summed E-state index contributed by atoms with van der Waals surface area (Å²) in [6.45, 7) is 3.52. The quantitative estimate of drug-likeness (QED) is 0.570. The maximum atomic E-state index is 5.53. The highest BCUT2D eigenvalue weighted by Crippen LogP contribution is 2.02. The molecule has 0 spiro atoms. The van der Waals surface area contributed by atoms with Crippen LogP contribution in [0.5, 0.6) is 0 Å². The number of anilines is 1. The first-order chi connectivity index (χ1) is 4.74. The van der Waals surface area contributed by atoms with E-state index in [1.165, 1.54) is 0 Å². The zero-order valence-corrected chi connectivity index (χ0v) is 5.57. The molecule has 4 nitrogen and oxygen atoms in total. The van der Waals surface area contributed by atoms with Gasteiger partial charge in [0.15, 0.2) is 0 Å². The van der Waals surface area contributed by atoms with Crippen LogP contribution in [0.15, 0.2) is 25.0 Å². The van der Waals surface area contributed by atoms with Crippen molar-refractivity contribution in [3.8, 4) is 0 Å². The molecule has 1 rings (SSSR count). The third-order valence-electron chi connectivity index (χ3n) is 1.17. The van der Waals surface area contributed by atoms with Gasteiger partial charge in [0.05, 0.1) is 18.1 Å². The Balaban J connectivity index is 2.84. The summed E-state index contributed by atoms with van der Waals surface area (Å²) in [6, 6.07) is 0. The molecule has 0 aromatic carbocycles. The van der Waals surface area contributed by atoms with Crippen LogP contribution in [0.3, 0.4) is 0 Å². The molecule has 0 aliphatic heterocycles. The zero-order valence-electron chi connectivity index (χ0n) is 5.57. The molecule has 0 radical (unpaired) electrons. The summed E-state index contributed by atoms with van der Waals surface area (Å²) in [5, 5.41) is 3.88. The summed E-state index contributed by atoms with van der Waals surface area (Å²) >= 11 is 0. The summed E-state index contributed by atoms with van der Waals surface area (Å²) in [5.74, 6) is 0. The zero-order chi connectivity index (χ0) is 7.56. The molecule has 0 bridgehead atoms. The maximum absolute atomic E-state index is 5.53. The largest absolute Gasteiger partial charge is 0.396 e. The van der Waals surface area contributed by atoms with Gasteiger partial charge < -0.3 is 11.5 Å². The van der Waals surface area contributed by atoms with Crippen LogP contribution in [0.2, 0.25) is 0 Å². The fourth-order valence-electron chi connectivity index (χ4n) is 0.624. The molecule has 4 N–H and O–H groups in total. The summed E-state index contributed by atoms with van der Waals surface area (Å²) < 4.78 is 1.54. The summed E-state index contributed by atoms with van der Waals surface area (Å²) in [4.78, 5) is 0. The molecule has 10 heavy (non-hydrogen) atoms. The van der Waals surface area contributed by atoms with Crippen molar-refractivity contribution in [2.24, 2.45) is 5.73 Å². The molecule has 1 atom stereocenters. The molecule has 54 valence electrons. The van der Waals surface area contributed by atoms with Crippen LogP contribution in [0.1, 0.15) is 6.17 Å². The number of hydrogen-bond donors (Lipinski definition) is 2. The Bertz CT molecular complexity index is 227. The van der Waals surface area contributed by atoms with E-state index < -0.39 is 0 Å². The SMILES string of the molecule is C=CC(N)n1cc(N)cn1. The topological polar surface area (TPSA) is 69.9 Å². The van der Waals surface area contributed by atoms with Crippen molar-refractivity contribution in [3.05, 3.63) is 25.0 Å². The van der Waals surface area contributed by atoms with E-state index in [0.717, 1.165) is 0 Å². The Hall–Kier alpha value is -1.29. The average Bonchev–Trinajstić information content (AvgIpc) is 2.34. The van der Waals surface area contributed by atoms with Gasteiger partial charge in [0.2, 0.25) is 0 Å². The van der Waals surface area contributed by atoms with Gasteiger partial charge in [0.25, 0.3) is 0 Å². The van der Waals surface area contributed by atoms with E-state index in [9.17, 15) is 0 Å². The van der Waals surface area contributed by atoms with E-state index in [-0.39, 0.29) is 6.17 Å². The Labute approximate surface area is 59.1 Å². The number of nitrogens with two attached hydrogens (primary N) is 2. The Morgan fingerprint density at radius 3 is 2.90 bits per heavy atom. The Morgan fingerprint density at radius 2 is 2.50 bits per heavy atom. The first-order valence-corrected chi connectivity index (χ1v) is 2.92. The van der Waals surface area contributed by atoms with E-state index >= 15 is 0 Å². The van der Waals surface area contributed by atoms with E-state index in [2.05, 4.69) is 11.7 Å². The van der Waals surface area contributed by atoms with Gasteiger partial charge in [0.1, 0.15) is 6.17 Å². The van der Waals surface area contributed by atoms with E-state index in [1.54, 1.807) is 23.2 Å². The third kappa shape index (κ3) is 1.16. The molecule has 1 unspecified atom stereocenters. The van der Waals surface area contributed by atoms with Gasteiger partial charge in [-0.15, -0.1) is 0 Å². The van der Waals surface area contributed by atoms with E-state index in [4.69, 9.17) is 11.5 Å². The predicted molar refractivity (Wildman–Crippen MR) is 40.1 cm³/mol. The van der Waals surface area contributed by atoms with Crippen LogP contribution in [0, 0.1) is 0 Å². The maximum Gasteiger partial charge on any atom is 0.117 e. The third-order valence-corrected chi connectivity index (χ3v) is 1.17. The smallest absolute Gasteiger partial charge is 0.117 e. The van der Waals surface area contributed by atoms with Crippen LogP contribution < -0.4 is 11.5 Å². The monoisotopic (exact) mass is 138 g/mol. The minimum absolute atomic E-state index is 0.280. The second kappa shape index (κ2) is 2.53. The lowest BCUT2D eigenvalue weighted by molar-refractivity contribution is 0.559. The lowest BCUT2D eigenvalue weighted by Gasteiger charge is -2.03. The molecular weight excluding hydrogens is 128 g/mol. The first-order valence-electron chi connectivity index (χ1n) is 2.92. The summed E-state index contributed by atoms with van der Waals surface area (Å²) in [5.41, 5.74) is 11.5. The van der Waals surface area contributed by atoms with Crippen molar-refractivity contribution in [1.82, 2.24) is 9.78 Å². The fourth-order valence-corrected chi connectivity index (χ4v) is 0.624. The van der Waals surface area contributed by atoms with Gasteiger partial charge in [-0.2, -0.15) is 5.10 Å². The molecule has 1 heterocycles. The van der Waals surface area contributed by atoms with Crippen molar-refractivity contribution in [1.29, 1.82) is 0 Å². The molecule has 1 aromatic heterocycles. The standard InChI is InChI=1S/C6H10N4/c1-2-6(8)10-4-5(7)3-9-10/h2-4,6H,1,7-8H2. The van der Waals surface area contributed by atoms with Crippen molar-refractivity contribution in [3.63, 3.8) is 0 Å². The van der Waals surface area contributed by atoms with Gasteiger partial charge in [-0.25, -0.2) is 4.68 Å². The lowest BCUT2D eigenvalue weighted by Crippen LogP contribution is -2.15. The average molecular weight is 138 g/mol. The fraction of sp³-hybridized carbons (Fsp3) is 0.167. The van der Waals surface area contributed by atoms with E-state index in [0.29, 0.717) is 5.69 Å². The van der Waals surface area contributed by atoms with Crippen molar-refractivity contribution >= 4 is 5.69 Å². The van der Waals surface area contributed by atoms with Crippen molar-refractivity contribution in [2.45, 2.75) is 6.17 Å². The van der Waals surface area contributed by atoms with Gasteiger partial charge in [-0.05, 0) is 0 Å². The first kappa shape index (κ1) is 6.82. The summed E-state index contributed by atoms with van der Waals surface area (Å²) in [6.07, 6.45) is 4.51. The predicted octanol–water partition coefficient (Wildman–Crippen LogP) is 0.109. The number of nitrogens with zero attached hydrogens (tertiary/aromatic N) is 2. The summed E-state index contributed by atoms with van der Waals surface area (Å²) in [7, 11) is 0. The van der Waals surface area contributed by atoms with Crippen molar-refractivity contribution in [2.75, 3.05) is 5.73 Å². The highest BCUT2D eigenvalue weighted by molar-refractivity contribution is 5.30. The lowest BCUT2D eigenvalue weighted by atomic mass is 10.5. The van der Waals surface area contributed by atoms with Gasteiger partial charge >= 0.3 is 0 Å². The molecule has 0 aliphatic rings. The second-order valence-electron chi connectivity index (χ2n) is 1.98. The molecule has 0 saturated carbocycles. The second-order valence-corrected chi connectivity index (χ2v) is 1.98. The van der Waals surface area contributed by atoms with Gasteiger partial charge in [0, 0.05) is 0 Å². The molecule has 1 aromatic rings.